The minimum absolute atomic E-state index is 0.176. The molecular formula is C80H116N8O10. The topological polar surface area (TPSA) is 165 Å². The molecule has 0 spiro atoms. The van der Waals surface area contributed by atoms with E-state index in [1.165, 1.54) is 77.3 Å². The largest absolute Gasteiger partial charge is 0.445 e. The van der Waals surface area contributed by atoms with Crippen molar-refractivity contribution >= 4 is 36.2 Å². The predicted octanol–water partition coefficient (Wildman–Crippen LogP) is 14.1. The van der Waals surface area contributed by atoms with E-state index >= 15 is 0 Å². The number of carbonyl (C=O) groups excluding carboxylic acids is 6. The highest BCUT2D eigenvalue weighted by Crippen LogP contribution is 2.33. The Morgan fingerprint density at radius 3 is 0.786 bits per heavy atom. The van der Waals surface area contributed by atoms with Crippen LogP contribution in [0.5, 0.6) is 0 Å². The fourth-order valence-corrected chi connectivity index (χ4v) is 15.7. The molecule has 4 saturated carbocycles. The minimum atomic E-state index is -0.290. The van der Waals surface area contributed by atoms with E-state index < -0.39 is 0 Å². The Morgan fingerprint density at radius 2 is 0.531 bits per heavy atom. The molecule has 4 aromatic rings. The van der Waals surface area contributed by atoms with Crippen LogP contribution in [0.15, 0.2) is 121 Å². The molecule has 4 aliphatic carbocycles. The molecule has 0 aromatic heterocycles. The Hall–Kier alpha value is -7.18. The maximum Gasteiger partial charge on any atom is 0.410 e. The lowest BCUT2D eigenvalue weighted by molar-refractivity contribution is -0.139. The van der Waals surface area contributed by atoms with Gasteiger partial charge >= 0.3 is 24.4 Å². The van der Waals surface area contributed by atoms with Gasteiger partial charge < -0.3 is 48.3 Å². The maximum atomic E-state index is 12.7. The first kappa shape index (κ1) is 75.0. The molecule has 6 amide bonds. The monoisotopic (exact) mass is 1350 g/mol. The highest BCUT2D eigenvalue weighted by atomic mass is 16.6. The van der Waals surface area contributed by atoms with E-state index in [1.807, 2.05) is 141 Å². The highest BCUT2D eigenvalue weighted by Gasteiger charge is 2.35. The average Bonchev–Trinajstić information content (AvgIpc) is 0.945. The molecule has 4 saturated heterocycles. The zero-order valence-electron chi connectivity index (χ0n) is 59.7. The van der Waals surface area contributed by atoms with E-state index in [1.54, 1.807) is 9.80 Å². The summed E-state index contributed by atoms with van der Waals surface area (Å²) in [5.41, 5.74) is 4.04. The van der Waals surface area contributed by atoms with Crippen LogP contribution in [0, 0.1) is 47.3 Å². The lowest BCUT2D eigenvalue weighted by Crippen LogP contribution is -2.52. The second kappa shape index (κ2) is 40.2. The van der Waals surface area contributed by atoms with Crippen LogP contribution >= 0.6 is 0 Å². The van der Waals surface area contributed by atoms with Gasteiger partial charge in [-0.1, -0.05) is 200 Å². The van der Waals surface area contributed by atoms with Crippen LogP contribution in [0.3, 0.4) is 0 Å². The van der Waals surface area contributed by atoms with Gasteiger partial charge in [-0.15, -0.1) is 0 Å². The van der Waals surface area contributed by atoms with Gasteiger partial charge in [-0.25, -0.2) is 19.2 Å². The van der Waals surface area contributed by atoms with Crippen molar-refractivity contribution in [2.75, 3.05) is 118 Å². The number of carbonyl (C=O) groups is 6. The Morgan fingerprint density at radius 1 is 0.296 bits per heavy atom. The van der Waals surface area contributed by atoms with Gasteiger partial charge in [-0.3, -0.25) is 19.4 Å². The Kier molecular flexibility index (Phi) is 30.8. The summed E-state index contributed by atoms with van der Waals surface area (Å²) >= 11 is 0. The van der Waals surface area contributed by atoms with E-state index in [2.05, 4.69) is 37.5 Å². The first-order valence-electron chi connectivity index (χ1n) is 37.5. The number of piperazine rings is 4. The summed E-state index contributed by atoms with van der Waals surface area (Å²) in [5, 5.41) is 0. The molecule has 18 nitrogen and oxygen atoms in total. The van der Waals surface area contributed by atoms with Gasteiger partial charge in [0, 0.05) is 130 Å². The Balaban J connectivity index is 0.000000153. The molecular weight excluding hydrogens is 1230 g/mol. The first-order valence-corrected chi connectivity index (χ1v) is 37.5. The van der Waals surface area contributed by atoms with Crippen LogP contribution in [-0.2, 0) is 55.0 Å². The van der Waals surface area contributed by atoms with E-state index in [4.69, 9.17) is 18.9 Å². The number of amides is 6. The van der Waals surface area contributed by atoms with Gasteiger partial charge in [-0.05, 0) is 109 Å². The van der Waals surface area contributed by atoms with Gasteiger partial charge in [0.05, 0.1) is 0 Å². The molecule has 0 radical (unpaired) electrons. The number of ether oxygens (including phenoxy) is 4. The van der Waals surface area contributed by atoms with Gasteiger partial charge in [-0.2, -0.15) is 0 Å². The molecule has 0 bridgehead atoms. The van der Waals surface area contributed by atoms with Gasteiger partial charge in [0.1, 0.15) is 26.4 Å². The number of hydrogen-bond donors (Lipinski definition) is 0. The molecule has 98 heavy (non-hydrogen) atoms. The minimum Gasteiger partial charge on any atom is -0.445 e. The average molecular weight is 1350 g/mol. The highest BCUT2D eigenvalue weighted by molar-refractivity contribution is 5.80. The summed E-state index contributed by atoms with van der Waals surface area (Å²) in [7, 11) is 0. The van der Waals surface area contributed by atoms with Crippen molar-refractivity contribution < 1.29 is 47.7 Å². The molecule has 8 atom stereocenters. The molecule has 4 aliphatic heterocycles. The second-order valence-corrected chi connectivity index (χ2v) is 29.6. The fraction of sp³-hybridized carbons (Fsp3) is 0.625. The first-order chi connectivity index (χ1) is 47.7. The van der Waals surface area contributed by atoms with Crippen LogP contribution in [0.4, 0.5) is 19.2 Å². The zero-order chi connectivity index (χ0) is 68.9. The summed E-state index contributed by atoms with van der Waals surface area (Å²) in [6, 6.07) is 39.1. The van der Waals surface area contributed by atoms with Crippen molar-refractivity contribution in [1.82, 2.24) is 39.2 Å². The summed E-state index contributed by atoms with van der Waals surface area (Å²) < 4.78 is 21.6. The van der Waals surface area contributed by atoms with E-state index in [0.717, 1.165) is 137 Å². The molecule has 8 fully saturated rings. The molecule has 0 unspecified atom stereocenters. The maximum absolute atomic E-state index is 12.7. The molecule has 4 aromatic carbocycles. The van der Waals surface area contributed by atoms with Crippen molar-refractivity contribution in [2.45, 2.75) is 157 Å². The van der Waals surface area contributed by atoms with Crippen molar-refractivity contribution in [2.24, 2.45) is 47.3 Å². The third-order valence-corrected chi connectivity index (χ3v) is 21.5. The standard InChI is InChI=1S/2C20H28N2O3.2C20H30N2O2/c2*1-16-6-5-9-18(14-16)19(23)21-10-12-22(13-11-21)20(24)25-15-17-7-3-2-4-8-17;2*1-17-6-5-9-19(14-17)15-21-10-12-22(13-11-21)20(23)24-16-18-7-3-2-4-8-18/h2*2-4,7-8,16,18H,5-6,9-15H2,1H3;2*2-4,7-8,17,19H,5-6,9-16H2,1H3/t2*16-,18+;2*17-,19+/m1010/s1. The van der Waals surface area contributed by atoms with E-state index in [-0.39, 0.29) is 48.0 Å². The second-order valence-electron chi connectivity index (χ2n) is 29.6. The number of hydrogen-bond acceptors (Lipinski definition) is 12. The molecule has 4 heterocycles. The lowest BCUT2D eigenvalue weighted by Gasteiger charge is -2.37. The van der Waals surface area contributed by atoms with Crippen molar-refractivity contribution in [3.63, 3.8) is 0 Å². The fourth-order valence-electron chi connectivity index (χ4n) is 15.7. The van der Waals surface area contributed by atoms with Crippen LogP contribution in [0.2, 0.25) is 0 Å². The molecule has 18 heteroatoms. The molecule has 8 aliphatic rings. The summed E-state index contributed by atoms with van der Waals surface area (Å²) in [6.07, 6.45) is 19.0. The SMILES string of the molecule is C[C@@H]1CCC[C@H](C(=O)N2CCN(C(=O)OCc3ccccc3)CC2)C1.C[C@@H]1CCC[C@H](CN2CCN(C(=O)OCc3ccccc3)CC2)C1.C[C@H]1CCC[C@@H](C(=O)N2CCN(C(=O)OCc3ccccc3)CC2)C1.C[C@H]1CCC[C@@H](CN2CCN(C(=O)OCc3ccccc3)CC2)C1. The molecule has 536 valence electrons. The van der Waals surface area contributed by atoms with Crippen molar-refractivity contribution in [1.29, 1.82) is 0 Å². The van der Waals surface area contributed by atoms with E-state index in [9.17, 15) is 28.8 Å². The normalized spacial score (nSPS) is 24.7. The quantitative estimate of drug-likeness (QED) is 0.110. The van der Waals surface area contributed by atoms with Crippen molar-refractivity contribution in [3.8, 4) is 0 Å². The third kappa shape index (κ3) is 25.2. The van der Waals surface area contributed by atoms with Crippen LogP contribution < -0.4 is 0 Å². The Labute approximate surface area is 586 Å². The van der Waals surface area contributed by atoms with E-state index in [0.29, 0.717) is 90.6 Å². The summed E-state index contributed by atoms with van der Waals surface area (Å²) in [6.45, 7) is 24.7. The van der Waals surface area contributed by atoms with Crippen molar-refractivity contribution in [3.05, 3.63) is 144 Å². The smallest absolute Gasteiger partial charge is 0.410 e. The van der Waals surface area contributed by atoms with Gasteiger partial charge in [0.25, 0.3) is 0 Å². The zero-order valence-corrected chi connectivity index (χ0v) is 59.7. The predicted molar refractivity (Wildman–Crippen MR) is 383 cm³/mol. The number of rotatable bonds is 14. The molecule has 12 rings (SSSR count). The van der Waals surface area contributed by atoms with Crippen LogP contribution in [0.1, 0.15) is 153 Å². The summed E-state index contributed by atoms with van der Waals surface area (Å²) in [5.74, 6) is 5.70. The number of benzene rings is 4. The summed E-state index contributed by atoms with van der Waals surface area (Å²) in [4.78, 5) is 90.2. The number of nitrogens with zero attached hydrogens (tertiary/aromatic N) is 8. The third-order valence-electron chi connectivity index (χ3n) is 21.5. The molecule has 0 N–H and O–H groups in total. The van der Waals surface area contributed by atoms with Gasteiger partial charge in [0.2, 0.25) is 11.8 Å². The van der Waals surface area contributed by atoms with Crippen LogP contribution in [-0.4, -0.2) is 193 Å². The van der Waals surface area contributed by atoms with Crippen LogP contribution in [0.25, 0.3) is 0 Å². The Bertz CT molecular complexity index is 2790. The van der Waals surface area contributed by atoms with Gasteiger partial charge in [0.15, 0.2) is 0 Å². The lowest BCUT2D eigenvalue weighted by atomic mass is 9.81.